The minimum absolute atomic E-state index is 0.0666. The smallest absolute Gasteiger partial charge is 0.239 e. The maximum Gasteiger partial charge on any atom is 0.239 e. The molecule has 22 heavy (non-hydrogen) atoms. The summed E-state index contributed by atoms with van der Waals surface area (Å²) in [5.41, 5.74) is 1.30. The maximum atomic E-state index is 12.9. The third-order valence-electron chi connectivity index (χ3n) is 3.55. The molecule has 0 spiro atoms. The van der Waals surface area contributed by atoms with Gasteiger partial charge < -0.3 is 4.74 Å². The molecule has 0 amide bonds. The van der Waals surface area contributed by atoms with Crippen LogP contribution in [0.4, 0.5) is 5.69 Å². The van der Waals surface area contributed by atoms with E-state index in [2.05, 4.69) is 0 Å². The van der Waals surface area contributed by atoms with Crippen LogP contribution in [0, 0.1) is 0 Å². The standard InChI is InChI=1S/C16H16ClNO3S/c1-12-10-21-16-5-3-2-4-15(16)18(12)22(19,20)11-13-6-8-14(17)9-7-13/h2-9,12H,10-11H2,1H3. The fraction of sp³-hybridized carbons (Fsp3) is 0.250. The number of nitrogens with zero attached hydrogens (tertiary/aromatic N) is 1. The first-order valence-corrected chi connectivity index (χ1v) is 8.94. The quantitative estimate of drug-likeness (QED) is 0.861. The molecular formula is C16H16ClNO3S. The molecule has 116 valence electrons. The summed E-state index contributed by atoms with van der Waals surface area (Å²) in [6.45, 7) is 2.19. The molecule has 0 N–H and O–H groups in total. The summed E-state index contributed by atoms with van der Waals surface area (Å²) < 4.78 is 32.8. The van der Waals surface area contributed by atoms with Crippen molar-refractivity contribution in [2.24, 2.45) is 0 Å². The summed E-state index contributed by atoms with van der Waals surface area (Å²) in [4.78, 5) is 0. The number of halogens is 1. The first-order chi connectivity index (χ1) is 10.5. The van der Waals surface area contributed by atoms with Crippen molar-refractivity contribution in [3.63, 3.8) is 0 Å². The number of fused-ring (bicyclic) bond motifs is 1. The van der Waals surface area contributed by atoms with Crippen LogP contribution >= 0.6 is 11.6 Å². The highest BCUT2D eigenvalue weighted by molar-refractivity contribution is 7.92. The number of hydrogen-bond acceptors (Lipinski definition) is 3. The minimum atomic E-state index is -3.50. The van der Waals surface area contributed by atoms with Gasteiger partial charge in [0.25, 0.3) is 0 Å². The molecular weight excluding hydrogens is 322 g/mol. The number of rotatable bonds is 3. The van der Waals surface area contributed by atoms with Gasteiger partial charge in [-0.05, 0) is 36.8 Å². The van der Waals surface area contributed by atoms with Gasteiger partial charge in [0.05, 0.1) is 17.5 Å². The van der Waals surface area contributed by atoms with Crippen LogP contribution in [0.15, 0.2) is 48.5 Å². The molecule has 1 unspecified atom stereocenters. The summed E-state index contributed by atoms with van der Waals surface area (Å²) >= 11 is 5.85. The third kappa shape index (κ3) is 2.91. The molecule has 2 aromatic rings. The van der Waals surface area contributed by atoms with Gasteiger partial charge >= 0.3 is 0 Å². The second-order valence-corrected chi connectivity index (χ2v) is 7.59. The van der Waals surface area contributed by atoms with E-state index < -0.39 is 10.0 Å². The molecule has 0 saturated carbocycles. The van der Waals surface area contributed by atoms with E-state index in [9.17, 15) is 8.42 Å². The predicted octanol–water partition coefficient (Wildman–Crippen LogP) is 3.46. The highest BCUT2D eigenvalue weighted by atomic mass is 35.5. The normalized spacial score (nSPS) is 17.7. The van der Waals surface area contributed by atoms with Gasteiger partial charge in [0.2, 0.25) is 10.0 Å². The Bertz CT molecular complexity index is 774. The molecule has 4 nitrogen and oxygen atoms in total. The second-order valence-electron chi connectivity index (χ2n) is 5.31. The van der Waals surface area contributed by atoms with Crippen molar-refractivity contribution in [1.29, 1.82) is 0 Å². The van der Waals surface area contributed by atoms with Crippen LogP contribution in [0.2, 0.25) is 5.02 Å². The van der Waals surface area contributed by atoms with E-state index in [1.165, 1.54) is 4.31 Å². The molecule has 0 bridgehead atoms. The molecule has 1 heterocycles. The van der Waals surface area contributed by atoms with Crippen molar-refractivity contribution in [2.75, 3.05) is 10.9 Å². The molecule has 1 aliphatic heterocycles. The number of anilines is 1. The van der Waals surface area contributed by atoms with Gasteiger partial charge in [-0.15, -0.1) is 0 Å². The monoisotopic (exact) mass is 337 g/mol. The van der Waals surface area contributed by atoms with Crippen molar-refractivity contribution < 1.29 is 13.2 Å². The lowest BCUT2D eigenvalue weighted by atomic mass is 10.2. The van der Waals surface area contributed by atoms with Gasteiger partial charge in [-0.25, -0.2) is 8.42 Å². The summed E-state index contributed by atoms with van der Waals surface area (Å²) in [5.74, 6) is 0.531. The largest absolute Gasteiger partial charge is 0.489 e. The Balaban J connectivity index is 1.96. The van der Waals surface area contributed by atoms with E-state index in [4.69, 9.17) is 16.3 Å². The fourth-order valence-electron chi connectivity index (χ4n) is 2.56. The predicted molar refractivity (Wildman–Crippen MR) is 88.0 cm³/mol. The van der Waals surface area contributed by atoms with E-state index in [0.717, 1.165) is 0 Å². The van der Waals surface area contributed by atoms with Gasteiger partial charge in [-0.3, -0.25) is 4.31 Å². The molecule has 2 aromatic carbocycles. The van der Waals surface area contributed by atoms with Gasteiger partial charge in [0.1, 0.15) is 12.4 Å². The van der Waals surface area contributed by atoms with Crippen molar-refractivity contribution in [3.8, 4) is 5.75 Å². The Morgan fingerprint density at radius 3 is 2.59 bits per heavy atom. The third-order valence-corrected chi connectivity index (χ3v) is 5.65. The first kappa shape index (κ1) is 15.2. The molecule has 0 radical (unpaired) electrons. The van der Waals surface area contributed by atoms with Crippen LogP contribution in [0.5, 0.6) is 5.75 Å². The summed E-state index contributed by atoms with van der Waals surface area (Å²) in [5, 5.41) is 0.589. The Morgan fingerprint density at radius 1 is 1.18 bits per heavy atom. The number of hydrogen-bond donors (Lipinski definition) is 0. The van der Waals surface area contributed by atoms with E-state index in [1.807, 2.05) is 19.1 Å². The fourth-order valence-corrected chi connectivity index (χ4v) is 4.50. The number of sulfonamides is 1. The van der Waals surface area contributed by atoms with Gasteiger partial charge in [-0.2, -0.15) is 0 Å². The average Bonchev–Trinajstić information content (AvgIpc) is 2.49. The van der Waals surface area contributed by atoms with Gasteiger partial charge in [0.15, 0.2) is 0 Å². The summed E-state index contributed by atoms with van der Waals surface area (Å²) in [6.07, 6.45) is 0. The SMILES string of the molecule is CC1COc2ccccc2N1S(=O)(=O)Cc1ccc(Cl)cc1. The van der Waals surface area contributed by atoms with Crippen molar-refractivity contribution >= 4 is 27.3 Å². The molecule has 0 aliphatic carbocycles. The van der Waals surface area contributed by atoms with Crippen LogP contribution < -0.4 is 9.04 Å². The maximum absolute atomic E-state index is 12.9. The Labute approximate surface area is 135 Å². The average molecular weight is 338 g/mol. The lowest BCUT2D eigenvalue weighted by Crippen LogP contribution is -2.45. The van der Waals surface area contributed by atoms with E-state index in [1.54, 1.807) is 36.4 Å². The minimum Gasteiger partial charge on any atom is -0.489 e. The highest BCUT2D eigenvalue weighted by Gasteiger charge is 2.33. The zero-order chi connectivity index (χ0) is 15.7. The van der Waals surface area contributed by atoms with E-state index >= 15 is 0 Å². The zero-order valence-corrected chi connectivity index (χ0v) is 13.6. The molecule has 6 heteroatoms. The second kappa shape index (κ2) is 5.82. The van der Waals surface area contributed by atoms with Crippen LogP contribution in [-0.2, 0) is 15.8 Å². The number of ether oxygens (including phenoxy) is 1. The van der Waals surface area contributed by atoms with Crippen LogP contribution in [0.25, 0.3) is 0 Å². The van der Waals surface area contributed by atoms with Crippen molar-refractivity contribution in [3.05, 3.63) is 59.1 Å². The first-order valence-electron chi connectivity index (χ1n) is 6.96. The van der Waals surface area contributed by atoms with Crippen LogP contribution in [0.1, 0.15) is 12.5 Å². The molecule has 0 saturated heterocycles. The Hall–Kier alpha value is -1.72. The van der Waals surface area contributed by atoms with Crippen LogP contribution in [-0.4, -0.2) is 21.1 Å². The van der Waals surface area contributed by atoms with E-state index in [-0.39, 0.29) is 11.8 Å². The summed E-state index contributed by atoms with van der Waals surface area (Å²) in [6, 6.07) is 13.8. The van der Waals surface area contributed by atoms with Crippen molar-refractivity contribution in [2.45, 2.75) is 18.7 Å². The van der Waals surface area contributed by atoms with Crippen molar-refractivity contribution in [1.82, 2.24) is 0 Å². The highest BCUT2D eigenvalue weighted by Crippen LogP contribution is 2.36. The van der Waals surface area contributed by atoms with Crippen LogP contribution in [0.3, 0.4) is 0 Å². The molecule has 1 atom stereocenters. The molecule has 1 aliphatic rings. The van der Waals surface area contributed by atoms with Gasteiger partial charge in [0, 0.05) is 5.02 Å². The van der Waals surface area contributed by atoms with E-state index in [0.29, 0.717) is 28.6 Å². The molecule has 0 fully saturated rings. The number of para-hydroxylation sites is 2. The Kier molecular flexibility index (Phi) is 4.02. The van der Waals surface area contributed by atoms with Gasteiger partial charge in [-0.1, -0.05) is 35.9 Å². The Morgan fingerprint density at radius 2 is 1.86 bits per heavy atom. The molecule has 0 aromatic heterocycles. The number of benzene rings is 2. The summed E-state index contributed by atoms with van der Waals surface area (Å²) in [7, 11) is -3.50. The zero-order valence-electron chi connectivity index (χ0n) is 12.1. The lowest BCUT2D eigenvalue weighted by molar-refractivity contribution is 0.281. The lowest BCUT2D eigenvalue weighted by Gasteiger charge is -2.35. The topological polar surface area (TPSA) is 46.6 Å². The molecule has 3 rings (SSSR count).